The first-order valence-electron chi connectivity index (χ1n) is 5.84. The van der Waals surface area contributed by atoms with E-state index in [9.17, 15) is 0 Å². The average Bonchev–Trinajstić information content (AvgIpc) is 3.05. The van der Waals surface area contributed by atoms with E-state index >= 15 is 0 Å². The Hall–Kier alpha value is -1.24. The van der Waals surface area contributed by atoms with Gasteiger partial charge < -0.3 is 5.32 Å². The van der Waals surface area contributed by atoms with Gasteiger partial charge in [-0.15, -0.1) is 22.7 Å². The number of aromatic nitrogens is 3. The summed E-state index contributed by atoms with van der Waals surface area (Å²) in [4.78, 5) is 13.8. The third kappa shape index (κ3) is 2.56. The lowest BCUT2D eigenvalue weighted by Gasteiger charge is -2.15. The summed E-state index contributed by atoms with van der Waals surface area (Å²) < 4.78 is 0. The quantitative estimate of drug-likeness (QED) is 0.727. The van der Waals surface area contributed by atoms with Crippen molar-refractivity contribution in [1.29, 1.82) is 0 Å². The highest BCUT2D eigenvalue weighted by Crippen LogP contribution is 2.30. The van der Waals surface area contributed by atoms with E-state index in [1.54, 1.807) is 22.7 Å². The molecule has 0 aliphatic heterocycles. The average molecular weight is 311 g/mol. The van der Waals surface area contributed by atoms with Crippen molar-refractivity contribution < 1.29 is 0 Å². The van der Waals surface area contributed by atoms with Gasteiger partial charge in [-0.3, -0.25) is 0 Å². The van der Waals surface area contributed by atoms with Gasteiger partial charge in [-0.1, -0.05) is 6.92 Å². The van der Waals surface area contributed by atoms with E-state index in [0.717, 1.165) is 27.5 Å². The smallest absolute Gasteiger partial charge is 0.225 e. The molecule has 0 fully saturated rings. The molecule has 3 heterocycles. The van der Waals surface area contributed by atoms with E-state index in [0.29, 0.717) is 0 Å². The fourth-order valence-corrected chi connectivity index (χ4v) is 3.61. The zero-order valence-corrected chi connectivity index (χ0v) is 12.5. The van der Waals surface area contributed by atoms with Gasteiger partial charge >= 0.3 is 0 Å². The summed E-state index contributed by atoms with van der Waals surface area (Å²) in [5.41, 5.74) is 0. The summed E-state index contributed by atoms with van der Waals surface area (Å²) in [5, 5.41) is 9.72. The summed E-state index contributed by atoms with van der Waals surface area (Å²) in [5.74, 6) is 0.776. The van der Waals surface area contributed by atoms with Gasteiger partial charge in [0.2, 0.25) is 5.28 Å². The second-order valence-corrected chi connectivity index (χ2v) is 6.11. The van der Waals surface area contributed by atoms with Crippen molar-refractivity contribution in [2.45, 2.75) is 19.4 Å². The molecule has 1 atom stereocenters. The van der Waals surface area contributed by atoms with Crippen LogP contribution in [0.5, 0.6) is 0 Å². The Morgan fingerprint density at radius 1 is 1.32 bits per heavy atom. The SMILES string of the molecule is CCC(Nc1nc(Cl)nc2sccc12)c1nccs1. The molecule has 1 unspecified atom stereocenters. The third-order valence-corrected chi connectivity index (χ3v) is 4.63. The van der Waals surface area contributed by atoms with Crippen LogP contribution in [0.1, 0.15) is 24.4 Å². The molecule has 1 N–H and O–H groups in total. The summed E-state index contributed by atoms with van der Waals surface area (Å²) in [6, 6.07) is 2.15. The van der Waals surface area contributed by atoms with Crippen LogP contribution < -0.4 is 5.32 Å². The lowest BCUT2D eigenvalue weighted by molar-refractivity contribution is 0.738. The van der Waals surface area contributed by atoms with Gasteiger partial charge in [0.1, 0.15) is 15.7 Å². The number of hydrogen-bond donors (Lipinski definition) is 1. The van der Waals surface area contributed by atoms with E-state index in [1.807, 2.05) is 23.0 Å². The van der Waals surface area contributed by atoms with Crippen molar-refractivity contribution in [1.82, 2.24) is 15.0 Å². The van der Waals surface area contributed by atoms with E-state index in [1.165, 1.54) is 0 Å². The second-order valence-electron chi connectivity index (χ2n) is 3.96. The largest absolute Gasteiger partial charge is 0.360 e. The normalized spacial score (nSPS) is 12.7. The maximum Gasteiger partial charge on any atom is 0.225 e. The third-order valence-electron chi connectivity index (χ3n) is 2.77. The minimum absolute atomic E-state index is 0.147. The number of fused-ring (bicyclic) bond motifs is 1. The molecule has 0 bridgehead atoms. The lowest BCUT2D eigenvalue weighted by Crippen LogP contribution is -2.11. The van der Waals surface area contributed by atoms with Crippen LogP contribution >= 0.6 is 34.3 Å². The Morgan fingerprint density at radius 2 is 2.21 bits per heavy atom. The highest BCUT2D eigenvalue weighted by Gasteiger charge is 2.15. The molecular weight excluding hydrogens is 300 g/mol. The van der Waals surface area contributed by atoms with Crippen LogP contribution in [0, 0.1) is 0 Å². The number of halogens is 1. The zero-order valence-electron chi connectivity index (χ0n) is 10.1. The second kappa shape index (κ2) is 5.40. The minimum atomic E-state index is 0.147. The lowest BCUT2D eigenvalue weighted by atomic mass is 10.2. The number of nitrogens with one attached hydrogen (secondary N) is 1. The van der Waals surface area contributed by atoms with Crippen LogP contribution in [0.25, 0.3) is 10.2 Å². The number of anilines is 1. The Bertz CT molecular complexity index is 680. The molecule has 0 saturated heterocycles. The van der Waals surface area contributed by atoms with Crippen molar-refractivity contribution in [3.05, 3.63) is 33.3 Å². The number of hydrogen-bond acceptors (Lipinski definition) is 6. The first kappa shape index (κ1) is 12.8. The van der Waals surface area contributed by atoms with Crippen molar-refractivity contribution in [3.8, 4) is 0 Å². The van der Waals surface area contributed by atoms with E-state index in [-0.39, 0.29) is 11.3 Å². The number of rotatable bonds is 4. The fraction of sp³-hybridized carbons (Fsp3) is 0.250. The van der Waals surface area contributed by atoms with Crippen molar-refractivity contribution >= 4 is 50.3 Å². The number of nitrogens with zero attached hydrogens (tertiary/aromatic N) is 3. The molecule has 98 valence electrons. The van der Waals surface area contributed by atoms with E-state index in [2.05, 4.69) is 27.2 Å². The Labute approximate surface area is 123 Å². The maximum absolute atomic E-state index is 5.96. The van der Waals surface area contributed by atoms with Gasteiger partial charge in [-0.05, 0) is 29.5 Å². The molecule has 3 aromatic heterocycles. The highest BCUT2D eigenvalue weighted by molar-refractivity contribution is 7.16. The molecule has 3 rings (SSSR count). The summed E-state index contributed by atoms with van der Waals surface area (Å²) >= 11 is 9.16. The van der Waals surface area contributed by atoms with Gasteiger partial charge in [0, 0.05) is 11.6 Å². The molecule has 19 heavy (non-hydrogen) atoms. The van der Waals surface area contributed by atoms with Crippen molar-refractivity contribution in [2.75, 3.05) is 5.32 Å². The molecule has 0 saturated carbocycles. The summed E-state index contributed by atoms with van der Waals surface area (Å²) in [7, 11) is 0. The summed E-state index contributed by atoms with van der Waals surface area (Å²) in [6.07, 6.45) is 2.75. The Kier molecular flexibility index (Phi) is 3.63. The molecule has 4 nitrogen and oxygen atoms in total. The highest BCUT2D eigenvalue weighted by atomic mass is 35.5. The predicted molar refractivity (Wildman–Crippen MR) is 81.2 cm³/mol. The molecule has 7 heteroatoms. The number of thiophene rings is 1. The van der Waals surface area contributed by atoms with Crippen LogP contribution in [0.3, 0.4) is 0 Å². The predicted octanol–water partition coefficient (Wildman–Crippen LogP) is 4.36. The molecule has 3 aromatic rings. The Morgan fingerprint density at radius 3 is 2.95 bits per heavy atom. The monoisotopic (exact) mass is 310 g/mol. The van der Waals surface area contributed by atoms with Gasteiger partial charge in [-0.2, -0.15) is 0 Å². The van der Waals surface area contributed by atoms with Crippen LogP contribution in [0.15, 0.2) is 23.0 Å². The van der Waals surface area contributed by atoms with Crippen LogP contribution in [0.2, 0.25) is 5.28 Å². The maximum atomic E-state index is 5.96. The zero-order chi connectivity index (χ0) is 13.2. The summed E-state index contributed by atoms with van der Waals surface area (Å²) in [6.45, 7) is 2.12. The molecule has 0 aliphatic carbocycles. The number of thiazole rings is 1. The van der Waals surface area contributed by atoms with E-state index in [4.69, 9.17) is 11.6 Å². The molecule has 0 aliphatic rings. The molecule has 0 radical (unpaired) electrons. The molecular formula is C12H11ClN4S2. The van der Waals surface area contributed by atoms with Gasteiger partial charge in [0.15, 0.2) is 0 Å². The molecule has 0 aromatic carbocycles. The van der Waals surface area contributed by atoms with Crippen molar-refractivity contribution in [2.24, 2.45) is 0 Å². The van der Waals surface area contributed by atoms with E-state index < -0.39 is 0 Å². The topological polar surface area (TPSA) is 50.7 Å². The van der Waals surface area contributed by atoms with Crippen molar-refractivity contribution in [3.63, 3.8) is 0 Å². The molecule has 0 amide bonds. The van der Waals surface area contributed by atoms with Gasteiger partial charge in [0.05, 0.1) is 11.4 Å². The first-order chi connectivity index (χ1) is 9.28. The fourth-order valence-electron chi connectivity index (χ4n) is 1.85. The van der Waals surface area contributed by atoms with Gasteiger partial charge in [0.25, 0.3) is 0 Å². The minimum Gasteiger partial charge on any atom is -0.360 e. The Balaban J connectivity index is 1.98. The van der Waals surface area contributed by atoms with Crippen LogP contribution in [-0.4, -0.2) is 15.0 Å². The molecule has 0 spiro atoms. The first-order valence-corrected chi connectivity index (χ1v) is 7.98. The van der Waals surface area contributed by atoms with Crippen LogP contribution in [-0.2, 0) is 0 Å². The standard InChI is InChI=1S/C12H11ClN4S2/c1-2-8(11-14-4-6-19-11)15-9-7-3-5-18-10(7)17-12(13)16-9/h3-6,8H,2H2,1H3,(H,15,16,17). The van der Waals surface area contributed by atoms with Crippen LogP contribution in [0.4, 0.5) is 5.82 Å². The van der Waals surface area contributed by atoms with Gasteiger partial charge in [-0.25, -0.2) is 15.0 Å².